The number of hydrogen-bond donors (Lipinski definition) is 1. The quantitative estimate of drug-likeness (QED) is 0.854. The van der Waals surface area contributed by atoms with Gasteiger partial charge in [0.05, 0.1) is 6.54 Å². The number of rotatable bonds is 4. The molecule has 1 heterocycles. The van der Waals surface area contributed by atoms with Crippen LogP contribution in [0.5, 0.6) is 0 Å². The van der Waals surface area contributed by atoms with Crippen molar-refractivity contribution in [1.82, 2.24) is 10.2 Å². The molecule has 20 heavy (non-hydrogen) atoms. The second-order valence-corrected chi connectivity index (χ2v) is 7.20. The fraction of sp³-hybridized carbons (Fsp3) is 1.00. The molecule has 1 aliphatic carbocycles. The van der Waals surface area contributed by atoms with E-state index in [0.29, 0.717) is 30.5 Å². The average molecular weight is 292 g/mol. The van der Waals surface area contributed by atoms with Crippen molar-refractivity contribution >= 4 is 0 Å². The van der Waals surface area contributed by atoms with E-state index in [4.69, 9.17) is 0 Å². The first kappa shape index (κ1) is 16.1. The highest BCUT2D eigenvalue weighted by Gasteiger charge is 2.35. The normalized spacial score (nSPS) is 31.6. The van der Waals surface area contributed by atoms with Crippen LogP contribution in [-0.4, -0.2) is 43.3 Å². The lowest BCUT2D eigenvalue weighted by Crippen LogP contribution is -2.46. The molecule has 2 atom stereocenters. The Labute approximate surface area is 120 Å². The standard InChI is InChI=1S/C15H27F3N2/c1-14(2)7-4-3-5-13(14)19-9-12-6-8-20(10-12)11-15(16,17)18/h12-13,19H,3-11H2,1-2H3. The summed E-state index contributed by atoms with van der Waals surface area (Å²) in [6.45, 7) is 5.88. The Morgan fingerprint density at radius 2 is 1.95 bits per heavy atom. The Hall–Kier alpha value is -0.290. The van der Waals surface area contributed by atoms with Crippen LogP contribution in [0, 0.1) is 11.3 Å². The van der Waals surface area contributed by atoms with Crippen molar-refractivity contribution in [3.63, 3.8) is 0 Å². The molecule has 1 aliphatic heterocycles. The molecule has 2 aliphatic rings. The SMILES string of the molecule is CC1(C)CCCCC1NCC1CCN(CC(F)(F)F)C1. The van der Waals surface area contributed by atoms with Crippen LogP contribution >= 0.6 is 0 Å². The largest absolute Gasteiger partial charge is 0.401 e. The Balaban J connectivity index is 1.73. The topological polar surface area (TPSA) is 15.3 Å². The molecular formula is C15H27F3N2. The van der Waals surface area contributed by atoms with Crippen molar-refractivity contribution in [2.45, 2.75) is 58.2 Å². The maximum Gasteiger partial charge on any atom is 0.401 e. The van der Waals surface area contributed by atoms with Crippen LogP contribution < -0.4 is 5.32 Å². The van der Waals surface area contributed by atoms with Gasteiger partial charge in [0, 0.05) is 12.6 Å². The van der Waals surface area contributed by atoms with Gasteiger partial charge in [0.25, 0.3) is 0 Å². The van der Waals surface area contributed by atoms with Gasteiger partial charge in [-0.2, -0.15) is 13.2 Å². The minimum atomic E-state index is -4.06. The number of nitrogens with one attached hydrogen (secondary N) is 1. The zero-order valence-corrected chi connectivity index (χ0v) is 12.6. The zero-order chi connectivity index (χ0) is 14.8. The van der Waals surface area contributed by atoms with Crippen LogP contribution in [0.2, 0.25) is 0 Å². The van der Waals surface area contributed by atoms with Crippen molar-refractivity contribution < 1.29 is 13.2 Å². The monoisotopic (exact) mass is 292 g/mol. The molecule has 1 saturated carbocycles. The van der Waals surface area contributed by atoms with Gasteiger partial charge in [-0.25, -0.2) is 0 Å². The van der Waals surface area contributed by atoms with Crippen molar-refractivity contribution in [3.05, 3.63) is 0 Å². The van der Waals surface area contributed by atoms with Crippen LogP contribution in [-0.2, 0) is 0 Å². The Morgan fingerprint density at radius 3 is 2.60 bits per heavy atom. The molecule has 2 nitrogen and oxygen atoms in total. The van der Waals surface area contributed by atoms with Crippen LogP contribution in [0.4, 0.5) is 13.2 Å². The predicted octanol–water partition coefficient (Wildman–Crippen LogP) is 3.43. The van der Waals surface area contributed by atoms with Crippen LogP contribution in [0.25, 0.3) is 0 Å². The molecular weight excluding hydrogens is 265 g/mol. The summed E-state index contributed by atoms with van der Waals surface area (Å²) in [5.74, 6) is 0.370. The molecule has 2 fully saturated rings. The molecule has 0 aromatic carbocycles. The summed E-state index contributed by atoms with van der Waals surface area (Å²) in [6.07, 6.45) is 1.84. The van der Waals surface area contributed by atoms with Crippen LogP contribution in [0.3, 0.4) is 0 Å². The molecule has 0 radical (unpaired) electrons. The minimum absolute atomic E-state index is 0.322. The minimum Gasteiger partial charge on any atom is -0.313 e. The molecule has 0 aromatic heterocycles. The van der Waals surface area contributed by atoms with Gasteiger partial charge in [0.15, 0.2) is 0 Å². The third kappa shape index (κ3) is 4.62. The third-order valence-corrected chi connectivity index (χ3v) is 4.93. The van der Waals surface area contributed by atoms with Crippen molar-refractivity contribution in [2.75, 3.05) is 26.2 Å². The van der Waals surface area contributed by atoms with E-state index in [9.17, 15) is 13.2 Å². The van der Waals surface area contributed by atoms with Gasteiger partial charge in [-0.05, 0) is 43.7 Å². The predicted molar refractivity (Wildman–Crippen MR) is 74.6 cm³/mol. The van der Waals surface area contributed by atoms with Gasteiger partial charge in [-0.3, -0.25) is 4.90 Å². The maximum atomic E-state index is 12.4. The molecule has 0 bridgehead atoms. The number of halogens is 3. The fourth-order valence-electron chi connectivity index (χ4n) is 3.66. The van der Waals surface area contributed by atoms with E-state index in [1.807, 2.05) is 0 Å². The molecule has 0 amide bonds. The maximum absolute atomic E-state index is 12.4. The highest BCUT2D eigenvalue weighted by molar-refractivity contribution is 4.89. The first-order valence-corrected chi connectivity index (χ1v) is 7.79. The molecule has 5 heteroatoms. The summed E-state index contributed by atoms with van der Waals surface area (Å²) < 4.78 is 37.1. The summed E-state index contributed by atoms with van der Waals surface area (Å²) >= 11 is 0. The van der Waals surface area contributed by atoms with Gasteiger partial charge in [-0.15, -0.1) is 0 Å². The summed E-state index contributed by atoms with van der Waals surface area (Å²) in [5, 5.41) is 3.63. The van der Waals surface area contributed by atoms with Crippen molar-refractivity contribution in [2.24, 2.45) is 11.3 Å². The summed E-state index contributed by atoms with van der Waals surface area (Å²) in [7, 11) is 0. The van der Waals surface area contributed by atoms with Crippen molar-refractivity contribution in [3.8, 4) is 0 Å². The number of likely N-dealkylation sites (tertiary alicyclic amines) is 1. The molecule has 2 rings (SSSR count). The van der Waals surface area contributed by atoms with Crippen LogP contribution in [0.15, 0.2) is 0 Å². The van der Waals surface area contributed by atoms with E-state index in [0.717, 1.165) is 13.0 Å². The third-order valence-electron chi connectivity index (χ3n) is 4.93. The van der Waals surface area contributed by atoms with Gasteiger partial charge in [-0.1, -0.05) is 26.7 Å². The highest BCUT2D eigenvalue weighted by Crippen LogP contribution is 2.35. The summed E-state index contributed by atoms with van der Waals surface area (Å²) in [4.78, 5) is 1.54. The van der Waals surface area contributed by atoms with Crippen molar-refractivity contribution in [1.29, 1.82) is 0 Å². The molecule has 2 unspecified atom stereocenters. The lowest BCUT2D eigenvalue weighted by Gasteiger charge is -2.39. The number of alkyl halides is 3. The summed E-state index contributed by atoms with van der Waals surface area (Å²) in [6, 6.07) is 0.521. The summed E-state index contributed by atoms with van der Waals surface area (Å²) in [5.41, 5.74) is 0.322. The molecule has 0 aromatic rings. The van der Waals surface area contributed by atoms with E-state index in [1.165, 1.54) is 25.7 Å². The molecule has 118 valence electrons. The lowest BCUT2D eigenvalue weighted by atomic mass is 9.73. The molecule has 1 saturated heterocycles. The van der Waals surface area contributed by atoms with E-state index < -0.39 is 12.7 Å². The van der Waals surface area contributed by atoms with Gasteiger partial charge < -0.3 is 5.32 Å². The average Bonchev–Trinajstić information content (AvgIpc) is 2.72. The second-order valence-electron chi connectivity index (χ2n) is 7.20. The molecule has 0 spiro atoms. The first-order valence-electron chi connectivity index (χ1n) is 7.79. The Bertz CT molecular complexity index is 315. The van der Waals surface area contributed by atoms with Gasteiger partial charge in [0.2, 0.25) is 0 Å². The number of hydrogen-bond acceptors (Lipinski definition) is 2. The Kier molecular flexibility index (Phi) is 5.00. The smallest absolute Gasteiger partial charge is 0.313 e. The van der Waals surface area contributed by atoms with E-state index in [-0.39, 0.29) is 0 Å². The lowest BCUT2D eigenvalue weighted by molar-refractivity contribution is -0.143. The van der Waals surface area contributed by atoms with Crippen LogP contribution in [0.1, 0.15) is 46.0 Å². The highest BCUT2D eigenvalue weighted by atomic mass is 19.4. The second kappa shape index (κ2) is 6.22. The van der Waals surface area contributed by atoms with Gasteiger partial charge in [0.1, 0.15) is 0 Å². The first-order chi connectivity index (χ1) is 9.26. The molecule has 1 N–H and O–H groups in total. The zero-order valence-electron chi connectivity index (χ0n) is 12.6. The van der Waals surface area contributed by atoms with E-state index >= 15 is 0 Å². The van der Waals surface area contributed by atoms with E-state index in [1.54, 1.807) is 4.90 Å². The van der Waals surface area contributed by atoms with Gasteiger partial charge >= 0.3 is 6.18 Å². The Morgan fingerprint density at radius 1 is 1.20 bits per heavy atom. The fourth-order valence-corrected chi connectivity index (χ4v) is 3.66. The van der Waals surface area contributed by atoms with E-state index in [2.05, 4.69) is 19.2 Å². The number of nitrogens with zero attached hydrogens (tertiary/aromatic N) is 1.